The Morgan fingerprint density at radius 1 is 1.62 bits per heavy atom. The van der Waals surface area contributed by atoms with Crippen molar-refractivity contribution in [3.63, 3.8) is 0 Å². The first-order valence-corrected chi connectivity index (χ1v) is 4.01. The van der Waals surface area contributed by atoms with Gasteiger partial charge in [0.1, 0.15) is 17.5 Å². The molecule has 3 heteroatoms. The van der Waals surface area contributed by atoms with E-state index in [2.05, 4.69) is 4.98 Å². The average molecular weight is 174 g/mol. The van der Waals surface area contributed by atoms with Crippen LogP contribution in [0.25, 0.3) is 0 Å². The number of hydrogen-bond acceptors (Lipinski definition) is 3. The third-order valence-corrected chi connectivity index (χ3v) is 2.01. The van der Waals surface area contributed by atoms with Gasteiger partial charge < -0.3 is 0 Å². The van der Waals surface area contributed by atoms with Crippen molar-refractivity contribution in [1.29, 1.82) is 5.26 Å². The number of nitrogens with zero attached hydrogens (tertiary/aromatic N) is 2. The Morgan fingerprint density at radius 3 is 2.69 bits per heavy atom. The molecule has 0 aliphatic rings. The van der Waals surface area contributed by atoms with E-state index >= 15 is 0 Å². The van der Waals surface area contributed by atoms with Crippen LogP contribution in [0.5, 0.6) is 0 Å². The zero-order chi connectivity index (χ0) is 9.84. The van der Waals surface area contributed by atoms with Gasteiger partial charge in [-0.05, 0) is 18.6 Å². The summed E-state index contributed by atoms with van der Waals surface area (Å²) in [5.74, 6) is -0.0354. The van der Waals surface area contributed by atoms with E-state index in [0.717, 1.165) is 5.56 Å². The molecule has 0 amide bonds. The molecule has 0 aliphatic heterocycles. The lowest BCUT2D eigenvalue weighted by Crippen LogP contribution is -2.04. The molecule has 1 rings (SSSR count). The normalized spacial score (nSPS) is 11.8. The summed E-state index contributed by atoms with van der Waals surface area (Å²) in [6.45, 7) is 3.37. The van der Waals surface area contributed by atoms with Gasteiger partial charge in [0.25, 0.3) is 0 Å². The van der Waals surface area contributed by atoms with E-state index in [1.54, 1.807) is 25.3 Å². The fraction of sp³-hybridized carbons (Fsp3) is 0.300. The second-order valence-corrected chi connectivity index (χ2v) is 2.92. The highest BCUT2D eigenvalue weighted by molar-refractivity contribution is 5.82. The molecule has 0 saturated carbocycles. The first-order chi connectivity index (χ1) is 6.15. The predicted molar refractivity (Wildman–Crippen MR) is 48.0 cm³/mol. The molecule has 0 fully saturated rings. The number of nitriles is 1. The van der Waals surface area contributed by atoms with Crippen LogP contribution in [0.15, 0.2) is 18.3 Å². The predicted octanol–water partition coefficient (Wildman–Crippen LogP) is 1.65. The van der Waals surface area contributed by atoms with E-state index in [-0.39, 0.29) is 11.7 Å². The zero-order valence-electron chi connectivity index (χ0n) is 7.61. The quantitative estimate of drug-likeness (QED) is 0.684. The second-order valence-electron chi connectivity index (χ2n) is 2.92. The number of Topliss-reactive ketones (excluding diaryl/α,β-unsaturated/α-hetero) is 1. The van der Waals surface area contributed by atoms with Crippen LogP contribution in [0.1, 0.15) is 31.0 Å². The van der Waals surface area contributed by atoms with Gasteiger partial charge in [-0.15, -0.1) is 0 Å². The fourth-order valence-corrected chi connectivity index (χ4v) is 0.962. The fourth-order valence-electron chi connectivity index (χ4n) is 0.962. The molecule has 0 saturated heterocycles. The van der Waals surface area contributed by atoms with Crippen LogP contribution in [0.3, 0.4) is 0 Å². The number of carbonyl (C=O) groups is 1. The molecule has 1 unspecified atom stereocenters. The lowest BCUT2D eigenvalue weighted by atomic mass is 9.99. The molecule has 0 radical (unpaired) electrons. The smallest absolute Gasteiger partial charge is 0.140 e. The van der Waals surface area contributed by atoms with Crippen LogP contribution in [0.2, 0.25) is 0 Å². The van der Waals surface area contributed by atoms with Gasteiger partial charge in [-0.1, -0.05) is 13.0 Å². The Hall–Kier alpha value is -1.69. The molecule has 13 heavy (non-hydrogen) atoms. The van der Waals surface area contributed by atoms with E-state index in [9.17, 15) is 4.79 Å². The van der Waals surface area contributed by atoms with Gasteiger partial charge >= 0.3 is 0 Å². The molecule has 66 valence electrons. The molecule has 0 N–H and O–H groups in total. The Bertz CT molecular complexity index is 348. The number of pyridine rings is 1. The van der Waals surface area contributed by atoms with Gasteiger partial charge in [0.15, 0.2) is 0 Å². The molecular formula is C10H10N2O. The van der Waals surface area contributed by atoms with Crippen molar-refractivity contribution in [2.75, 3.05) is 0 Å². The second kappa shape index (κ2) is 3.81. The topological polar surface area (TPSA) is 53.8 Å². The summed E-state index contributed by atoms with van der Waals surface area (Å²) in [6.07, 6.45) is 1.57. The first kappa shape index (κ1) is 9.40. The van der Waals surface area contributed by atoms with Crippen molar-refractivity contribution >= 4 is 5.78 Å². The molecule has 3 nitrogen and oxygen atoms in total. The van der Waals surface area contributed by atoms with Crippen LogP contribution in [-0.2, 0) is 4.79 Å². The minimum atomic E-state index is -0.139. The van der Waals surface area contributed by atoms with E-state index < -0.39 is 0 Å². The molecule has 0 aromatic carbocycles. The lowest BCUT2D eigenvalue weighted by molar-refractivity contribution is -0.118. The first-order valence-electron chi connectivity index (χ1n) is 4.01. The molecule has 0 spiro atoms. The number of aromatic nitrogens is 1. The van der Waals surface area contributed by atoms with Crippen molar-refractivity contribution in [1.82, 2.24) is 4.98 Å². The summed E-state index contributed by atoms with van der Waals surface area (Å²) in [7, 11) is 0. The number of ketones is 1. The Balaban J connectivity index is 2.93. The highest BCUT2D eigenvalue weighted by Gasteiger charge is 2.10. The molecule has 1 aromatic rings. The Morgan fingerprint density at radius 2 is 2.31 bits per heavy atom. The summed E-state index contributed by atoms with van der Waals surface area (Å²) in [5.41, 5.74) is 1.23. The maximum Gasteiger partial charge on any atom is 0.140 e. The van der Waals surface area contributed by atoms with Gasteiger partial charge in [-0.25, -0.2) is 4.98 Å². The summed E-state index contributed by atoms with van der Waals surface area (Å²) < 4.78 is 0. The van der Waals surface area contributed by atoms with E-state index in [1.165, 1.54) is 0 Å². The van der Waals surface area contributed by atoms with Crippen LogP contribution in [0, 0.1) is 11.3 Å². The minimum absolute atomic E-state index is 0.103. The van der Waals surface area contributed by atoms with Crippen LogP contribution in [-0.4, -0.2) is 10.8 Å². The summed E-state index contributed by atoms with van der Waals surface area (Å²) in [4.78, 5) is 14.9. The third kappa shape index (κ3) is 2.12. The van der Waals surface area contributed by atoms with Gasteiger partial charge in [0.2, 0.25) is 0 Å². The van der Waals surface area contributed by atoms with Gasteiger partial charge in [0.05, 0.1) is 0 Å². The minimum Gasteiger partial charge on any atom is -0.299 e. The summed E-state index contributed by atoms with van der Waals surface area (Å²) >= 11 is 0. The van der Waals surface area contributed by atoms with E-state index in [0.29, 0.717) is 5.69 Å². The molecule has 1 heterocycles. The van der Waals surface area contributed by atoms with Crippen molar-refractivity contribution in [2.45, 2.75) is 19.8 Å². The summed E-state index contributed by atoms with van der Waals surface area (Å²) in [6, 6.07) is 5.31. The third-order valence-electron chi connectivity index (χ3n) is 2.01. The van der Waals surface area contributed by atoms with Crippen molar-refractivity contribution in [3.8, 4) is 6.07 Å². The maximum atomic E-state index is 11.0. The van der Waals surface area contributed by atoms with Crippen LogP contribution < -0.4 is 0 Å². The average Bonchev–Trinajstić information content (AvgIpc) is 2.17. The number of hydrogen-bond donors (Lipinski definition) is 0. The number of rotatable bonds is 2. The van der Waals surface area contributed by atoms with Crippen LogP contribution >= 0.6 is 0 Å². The summed E-state index contributed by atoms with van der Waals surface area (Å²) in [5, 5.41) is 8.50. The lowest BCUT2D eigenvalue weighted by Gasteiger charge is -2.05. The van der Waals surface area contributed by atoms with E-state index in [1.807, 2.05) is 13.0 Å². The highest BCUT2D eigenvalue weighted by atomic mass is 16.1. The van der Waals surface area contributed by atoms with E-state index in [4.69, 9.17) is 5.26 Å². The molecule has 1 atom stereocenters. The SMILES string of the molecule is CC(=O)C(C)c1ccc(C#N)nc1. The highest BCUT2D eigenvalue weighted by Crippen LogP contribution is 2.14. The van der Waals surface area contributed by atoms with Crippen molar-refractivity contribution in [2.24, 2.45) is 0 Å². The Kier molecular flexibility index (Phi) is 2.76. The standard InChI is InChI=1S/C10H10N2O/c1-7(8(2)13)9-3-4-10(5-11)12-6-9/h3-4,6-7H,1-2H3. The van der Waals surface area contributed by atoms with Crippen LogP contribution in [0.4, 0.5) is 0 Å². The molecule has 0 bridgehead atoms. The van der Waals surface area contributed by atoms with Gasteiger partial charge in [-0.2, -0.15) is 5.26 Å². The van der Waals surface area contributed by atoms with Crippen molar-refractivity contribution in [3.05, 3.63) is 29.6 Å². The Labute approximate surface area is 77.0 Å². The monoisotopic (exact) mass is 174 g/mol. The van der Waals surface area contributed by atoms with Gasteiger partial charge in [-0.3, -0.25) is 4.79 Å². The number of carbonyl (C=O) groups excluding carboxylic acids is 1. The maximum absolute atomic E-state index is 11.0. The molecule has 0 aliphatic carbocycles. The molecule has 1 aromatic heterocycles. The zero-order valence-corrected chi connectivity index (χ0v) is 7.61. The molecular weight excluding hydrogens is 164 g/mol. The van der Waals surface area contributed by atoms with Gasteiger partial charge in [0, 0.05) is 12.1 Å². The van der Waals surface area contributed by atoms with Crippen molar-refractivity contribution < 1.29 is 4.79 Å². The largest absolute Gasteiger partial charge is 0.299 e.